The van der Waals surface area contributed by atoms with Crippen molar-refractivity contribution >= 4 is 5.91 Å². The van der Waals surface area contributed by atoms with Gasteiger partial charge < -0.3 is 9.88 Å². The Morgan fingerprint density at radius 1 is 1.22 bits per heavy atom. The molecule has 0 aliphatic carbocycles. The molecular formula is C19H16FN5O2. The average molecular weight is 365 g/mol. The lowest BCUT2D eigenvalue weighted by Gasteiger charge is -2.28. The number of aromatic nitrogens is 4. The van der Waals surface area contributed by atoms with E-state index in [1.54, 1.807) is 23.2 Å². The first kappa shape index (κ1) is 17.0. The van der Waals surface area contributed by atoms with Crippen LogP contribution in [0, 0.1) is 5.82 Å². The van der Waals surface area contributed by atoms with Gasteiger partial charge in [-0.05, 0) is 17.7 Å². The molecule has 136 valence electrons. The number of nitrogens with one attached hydrogen (secondary N) is 1. The Bertz CT molecular complexity index is 1030. The standard InChI is InChI=1S/C19H16FN5O2/c20-13-3-1-12(2-4-13)9-17(26)25-8-5-15-14(11-25)19(27)24-18(23-15)16-10-21-6-7-22-16/h1-4,6-7,10H,5,8-9,11H2,(H,23,24,27). The molecule has 0 bridgehead atoms. The first-order valence-electron chi connectivity index (χ1n) is 8.51. The third-order valence-electron chi connectivity index (χ3n) is 4.50. The summed E-state index contributed by atoms with van der Waals surface area (Å²) in [6.07, 6.45) is 5.27. The van der Waals surface area contributed by atoms with Gasteiger partial charge in [-0.3, -0.25) is 14.6 Å². The maximum absolute atomic E-state index is 13.0. The van der Waals surface area contributed by atoms with Crippen LogP contribution in [0.15, 0.2) is 47.7 Å². The summed E-state index contributed by atoms with van der Waals surface area (Å²) in [5.74, 6) is -0.0720. The van der Waals surface area contributed by atoms with Gasteiger partial charge in [0.15, 0.2) is 5.82 Å². The Morgan fingerprint density at radius 3 is 2.78 bits per heavy atom. The lowest BCUT2D eigenvalue weighted by atomic mass is 10.1. The first-order chi connectivity index (χ1) is 13.1. The number of rotatable bonds is 3. The molecule has 1 aliphatic heterocycles. The maximum atomic E-state index is 13.0. The van der Waals surface area contributed by atoms with Crippen LogP contribution in [0.1, 0.15) is 16.8 Å². The third kappa shape index (κ3) is 3.59. The number of carbonyl (C=O) groups is 1. The van der Waals surface area contributed by atoms with Gasteiger partial charge in [-0.1, -0.05) is 12.1 Å². The van der Waals surface area contributed by atoms with Crippen LogP contribution in [-0.4, -0.2) is 37.3 Å². The van der Waals surface area contributed by atoms with E-state index in [2.05, 4.69) is 19.9 Å². The fraction of sp³-hybridized carbons (Fsp3) is 0.211. The van der Waals surface area contributed by atoms with Gasteiger partial charge in [-0.2, -0.15) is 0 Å². The van der Waals surface area contributed by atoms with Crippen molar-refractivity contribution < 1.29 is 9.18 Å². The quantitative estimate of drug-likeness (QED) is 0.759. The summed E-state index contributed by atoms with van der Waals surface area (Å²) >= 11 is 0. The minimum absolute atomic E-state index is 0.107. The molecule has 0 atom stereocenters. The molecule has 0 saturated carbocycles. The van der Waals surface area contributed by atoms with Gasteiger partial charge in [0.1, 0.15) is 11.5 Å². The number of fused-ring (bicyclic) bond motifs is 1. The van der Waals surface area contributed by atoms with Crippen LogP contribution in [0.2, 0.25) is 0 Å². The second-order valence-corrected chi connectivity index (χ2v) is 6.30. The van der Waals surface area contributed by atoms with Gasteiger partial charge in [-0.25, -0.2) is 14.4 Å². The molecule has 1 N–H and O–H groups in total. The molecule has 0 radical (unpaired) electrons. The van der Waals surface area contributed by atoms with E-state index in [4.69, 9.17) is 0 Å². The largest absolute Gasteiger partial charge is 0.337 e. The minimum Gasteiger partial charge on any atom is -0.337 e. The highest BCUT2D eigenvalue weighted by atomic mass is 19.1. The molecule has 0 unspecified atom stereocenters. The molecule has 2 aromatic heterocycles. The average Bonchev–Trinajstić information content (AvgIpc) is 2.70. The predicted octanol–water partition coefficient (Wildman–Crippen LogP) is 1.49. The Labute approximate surface area is 153 Å². The number of amides is 1. The van der Waals surface area contributed by atoms with E-state index in [0.717, 1.165) is 5.56 Å². The highest BCUT2D eigenvalue weighted by molar-refractivity contribution is 5.79. The van der Waals surface area contributed by atoms with E-state index in [1.807, 2.05) is 0 Å². The summed E-state index contributed by atoms with van der Waals surface area (Å²) in [6.45, 7) is 0.682. The fourth-order valence-corrected chi connectivity index (χ4v) is 3.07. The van der Waals surface area contributed by atoms with Gasteiger partial charge >= 0.3 is 0 Å². The number of halogens is 1. The molecule has 8 heteroatoms. The summed E-state index contributed by atoms with van der Waals surface area (Å²) in [6, 6.07) is 5.84. The molecular weight excluding hydrogens is 349 g/mol. The van der Waals surface area contributed by atoms with E-state index < -0.39 is 0 Å². The van der Waals surface area contributed by atoms with Gasteiger partial charge in [0.05, 0.1) is 30.4 Å². The van der Waals surface area contributed by atoms with Crippen molar-refractivity contribution in [3.05, 3.63) is 75.8 Å². The lowest BCUT2D eigenvalue weighted by Crippen LogP contribution is -2.40. The van der Waals surface area contributed by atoms with Crippen molar-refractivity contribution in [2.45, 2.75) is 19.4 Å². The summed E-state index contributed by atoms with van der Waals surface area (Å²) in [4.78, 5) is 42.0. The lowest BCUT2D eigenvalue weighted by molar-refractivity contribution is -0.131. The summed E-state index contributed by atoms with van der Waals surface area (Å²) in [7, 11) is 0. The second-order valence-electron chi connectivity index (χ2n) is 6.30. The number of hydrogen-bond donors (Lipinski definition) is 1. The summed E-state index contributed by atoms with van der Waals surface area (Å²) in [5, 5.41) is 0. The third-order valence-corrected chi connectivity index (χ3v) is 4.50. The number of aromatic amines is 1. The van der Waals surface area contributed by atoms with Crippen LogP contribution < -0.4 is 5.56 Å². The van der Waals surface area contributed by atoms with E-state index >= 15 is 0 Å². The predicted molar refractivity (Wildman–Crippen MR) is 95.1 cm³/mol. The molecule has 4 rings (SSSR count). The van der Waals surface area contributed by atoms with Gasteiger partial charge in [0.2, 0.25) is 5.91 Å². The maximum Gasteiger partial charge on any atom is 0.256 e. The topological polar surface area (TPSA) is 91.8 Å². The van der Waals surface area contributed by atoms with Crippen LogP contribution >= 0.6 is 0 Å². The van der Waals surface area contributed by atoms with Crippen molar-refractivity contribution in [2.24, 2.45) is 0 Å². The van der Waals surface area contributed by atoms with Crippen LogP contribution in [0.25, 0.3) is 11.5 Å². The fourth-order valence-electron chi connectivity index (χ4n) is 3.07. The van der Waals surface area contributed by atoms with Crippen LogP contribution in [0.5, 0.6) is 0 Å². The molecule has 7 nitrogen and oxygen atoms in total. The van der Waals surface area contributed by atoms with E-state index in [-0.39, 0.29) is 30.2 Å². The van der Waals surface area contributed by atoms with Crippen LogP contribution in [0.4, 0.5) is 4.39 Å². The van der Waals surface area contributed by atoms with Crippen molar-refractivity contribution in [2.75, 3.05) is 6.54 Å². The number of H-pyrrole nitrogens is 1. The molecule has 27 heavy (non-hydrogen) atoms. The van der Waals surface area contributed by atoms with Crippen molar-refractivity contribution in [1.29, 1.82) is 0 Å². The second kappa shape index (κ2) is 7.06. The van der Waals surface area contributed by atoms with E-state index in [0.29, 0.717) is 35.7 Å². The van der Waals surface area contributed by atoms with Crippen molar-refractivity contribution in [3.63, 3.8) is 0 Å². The molecule has 0 spiro atoms. The number of benzene rings is 1. The van der Waals surface area contributed by atoms with Crippen molar-refractivity contribution in [3.8, 4) is 11.5 Å². The normalized spacial score (nSPS) is 13.3. The molecule has 1 amide bonds. The molecule has 0 fully saturated rings. The highest BCUT2D eigenvalue weighted by Crippen LogP contribution is 2.18. The Balaban J connectivity index is 1.54. The molecule has 1 aliphatic rings. The zero-order chi connectivity index (χ0) is 18.8. The van der Waals surface area contributed by atoms with Crippen LogP contribution in [0.3, 0.4) is 0 Å². The van der Waals surface area contributed by atoms with Gasteiger partial charge in [0, 0.05) is 25.4 Å². The number of hydrogen-bond acceptors (Lipinski definition) is 5. The first-order valence-corrected chi connectivity index (χ1v) is 8.51. The Kier molecular flexibility index (Phi) is 4.45. The number of carbonyl (C=O) groups excluding carboxylic acids is 1. The van der Waals surface area contributed by atoms with Gasteiger partial charge in [-0.15, -0.1) is 0 Å². The molecule has 3 heterocycles. The Hall–Kier alpha value is -3.42. The zero-order valence-electron chi connectivity index (χ0n) is 14.4. The summed E-state index contributed by atoms with van der Waals surface area (Å²) in [5.41, 5.74) is 2.11. The molecule has 0 saturated heterocycles. The van der Waals surface area contributed by atoms with E-state index in [9.17, 15) is 14.0 Å². The van der Waals surface area contributed by atoms with E-state index in [1.165, 1.54) is 24.5 Å². The van der Waals surface area contributed by atoms with Crippen LogP contribution in [-0.2, 0) is 24.2 Å². The smallest absolute Gasteiger partial charge is 0.256 e. The Morgan fingerprint density at radius 2 is 2.04 bits per heavy atom. The number of nitrogens with zero attached hydrogens (tertiary/aromatic N) is 4. The molecule has 3 aromatic rings. The zero-order valence-corrected chi connectivity index (χ0v) is 14.4. The minimum atomic E-state index is -0.338. The molecule has 1 aromatic carbocycles. The monoisotopic (exact) mass is 365 g/mol. The highest BCUT2D eigenvalue weighted by Gasteiger charge is 2.25. The SMILES string of the molecule is O=C(Cc1ccc(F)cc1)N1CCc2nc(-c3cnccn3)[nH]c(=O)c2C1. The van der Waals surface area contributed by atoms with Gasteiger partial charge in [0.25, 0.3) is 5.56 Å². The van der Waals surface area contributed by atoms with Crippen molar-refractivity contribution in [1.82, 2.24) is 24.8 Å². The summed E-state index contributed by atoms with van der Waals surface area (Å²) < 4.78 is 13.0.